The Labute approximate surface area is 246 Å². The highest BCUT2D eigenvalue weighted by Gasteiger charge is 2.50. The number of aliphatic hydroxyl groups is 4. The third-order valence-electron chi connectivity index (χ3n) is 8.38. The molecule has 0 aromatic heterocycles. The Morgan fingerprint density at radius 2 is 1.58 bits per heavy atom. The van der Waals surface area contributed by atoms with Crippen molar-refractivity contribution in [1.82, 2.24) is 5.32 Å². The van der Waals surface area contributed by atoms with Crippen LogP contribution in [0, 0.1) is 0 Å². The van der Waals surface area contributed by atoms with Crippen LogP contribution in [-0.2, 0) is 35.0 Å². The van der Waals surface area contributed by atoms with Gasteiger partial charge in [0.2, 0.25) is 0 Å². The van der Waals surface area contributed by atoms with Crippen molar-refractivity contribution in [2.75, 3.05) is 27.4 Å². The molecule has 12 heteroatoms. The van der Waals surface area contributed by atoms with Crippen LogP contribution in [-0.4, -0.2) is 109 Å². The van der Waals surface area contributed by atoms with Gasteiger partial charge in [0, 0.05) is 14.2 Å². The molecule has 0 radical (unpaired) electrons. The fourth-order valence-corrected chi connectivity index (χ4v) is 6.08. The van der Waals surface area contributed by atoms with E-state index in [1.807, 2.05) is 30.3 Å². The fourth-order valence-electron chi connectivity index (χ4n) is 6.08. The van der Waals surface area contributed by atoms with Crippen molar-refractivity contribution >= 4 is 38.4 Å². The summed E-state index contributed by atoms with van der Waals surface area (Å²) in [7, 11) is 2.70. The smallest absolute Gasteiger partial charge is 0.407 e. The van der Waals surface area contributed by atoms with E-state index in [4.69, 9.17) is 28.4 Å². The minimum absolute atomic E-state index is 0.0480. The Bertz CT molecular complexity index is 1550. The summed E-state index contributed by atoms with van der Waals surface area (Å²) in [5, 5.41) is 50.9. The van der Waals surface area contributed by atoms with Crippen LogP contribution in [0.5, 0.6) is 0 Å². The van der Waals surface area contributed by atoms with Crippen LogP contribution in [0.2, 0.25) is 0 Å². The Morgan fingerprint density at radius 3 is 2.28 bits per heavy atom. The van der Waals surface area contributed by atoms with E-state index in [0.717, 1.165) is 37.9 Å². The van der Waals surface area contributed by atoms with Crippen LogP contribution in [0.1, 0.15) is 5.56 Å². The van der Waals surface area contributed by atoms with E-state index < -0.39 is 67.9 Å². The maximum Gasteiger partial charge on any atom is 0.407 e. The number of benzene rings is 4. The molecule has 2 aliphatic heterocycles. The topological polar surface area (TPSA) is 165 Å². The van der Waals surface area contributed by atoms with Crippen molar-refractivity contribution in [1.29, 1.82) is 0 Å². The molecule has 5 N–H and O–H groups in total. The van der Waals surface area contributed by atoms with Gasteiger partial charge in [0.15, 0.2) is 12.6 Å². The number of hydrogen-bond donors (Lipinski definition) is 5. The third kappa shape index (κ3) is 5.50. The number of carbonyl (C=O) groups excluding carboxylic acids is 1. The molecule has 6 rings (SSSR count). The first kappa shape index (κ1) is 29.9. The molecule has 0 aliphatic carbocycles. The molecule has 12 nitrogen and oxygen atoms in total. The summed E-state index contributed by atoms with van der Waals surface area (Å²) in [6.45, 7) is -0.710. The van der Waals surface area contributed by atoms with E-state index in [1.165, 1.54) is 14.2 Å². The number of ether oxygens (including phenoxy) is 6. The van der Waals surface area contributed by atoms with Crippen molar-refractivity contribution in [3.63, 3.8) is 0 Å². The minimum atomic E-state index is -1.52. The second-order valence-corrected chi connectivity index (χ2v) is 10.8. The third-order valence-corrected chi connectivity index (χ3v) is 8.38. The van der Waals surface area contributed by atoms with Crippen molar-refractivity contribution in [2.24, 2.45) is 0 Å². The molecule has 43 heavy (non-hydrogen) atoms. The van der Waals surface area contributed by atoms with Crippen molar-refractivity contribution in [2.45, 2.75) is 61.9 Å². The van der Waals surface area contributed by atoms with Gasteiger partial charge in [-0.3, -0.25) is 0 Å². The normalized spacial score (nSPS) is 31.5. The molecule has 2 saturated heterocycles. The van der Waals surface area contributed by atoms with E-state index >= 15 is 0 Å². The Kier molecular flexibility index (Phi) is 8.65. The quantitative estimate of drug-likeness (QED) is 0.186. The lowest BCUT2D eigenvalue weighted by atomic mass is 9.92. The zero-order chi connectivity index (χ0) is 30.2. The lowest BCUT2D eigenvalue weighted by molar-refractivity contribution is -0.328. The van der Waals surface area contributed by atoms with Gasteiger partial charge in [0.05, 0.1) is 13.2 Å². The number of hydrogen-bond acceptors (Lipinski definition) is 11. The molecule has 2 aliphatic rings. The van der Waals surface area contributed by atoms with Crippen LogP contribution < -0.4 is 5.32 Å². The van der Waals surface area contributed by atoms with Gasteiger partial charge < -0.3 is 54.2 Å². The predicted molar refractivity (Wildman–Crippen MR) is 153 cm³/mol. The molecule has 9 unspecified atom stereocenters. The van der Waals surface area contributed by atoms with Gasteiger partial charge in [-0.15, -0.1) is 0 Å². The first-order chi connectivity index (χ1) is 20.8. The van der Waals surface area contributed by atoms with Crippen LogP contribution in [0.15, 0.2) is 54.6 Å². The molecule has 9 atom stereocenters. The minimum Gasteiger partial charge on any atom is -0.445 e. The van der Waals surface area contributed by atoms with Crippen LogP contribution in [0.4, 0.5) is 4.79 Å². The Morgan fingerprint density at radius 1 is 0.884 bits per heavy atom. The summed E-state index contributed by atoms with van der Waals surface area (Å²) in [6, 6.07) is 17.1. The summed E-state index contributed by atoms with van der Waals surface area (Å²) in [6.07, 6.45) is -10.9. The number of methoxy groups -OCH3 is 2. The van der Waals surface area contributed by atoms with E-state index in [2.05, 4.69) is 29.6 Å². The van der Waals surface area contributed by atoms with Crippen LogP contribution >= 0.6 is 0 Å². The van der Waals surface area contributed by atoms with Gasteiger partial charge in [-0.05, 0) is 37.9 Å². The second kappa shape index (κ2) is 12.4. The summed E-state index contributed by atoms with van der Waals surface area (Å²) in [5.41, 5.74) is 0.803. The summed E-state index contributed by atoms with van der Waals surface area (Å²) in [4.78, 5) is 13.1. The number of amides is 1. The molecule has 230 valence electrons. The second-order valence-electron chi connectivity index (χ2n) is 10.8. The fraction of sp³-hybridized carbons (Fsp3) is 0.452. The molecule has 4 aromatic carbocycles. The molecule has 2 heterocycles. The lowest BCUT2D eigenvalue weighted by Crippen LogP contribution is -2.67. The Balaban J connectivity index is 1.21. The molecule has 0 saturated carbocycles. The average Bonchev–Trinajstić information content (AvgIpc) is 3.03. The summed E-state index contributed by atoms with van der Waals surface area (Å²) >= 11 is 0. The van der Waals surface area contributed by atoms with Gasteiger partial charge in [-0.25, -0.2) is 4.79 Å². The summed E-state index contributed by atoms with van der Waals surface area (Å²) in [5.74, 6) is 0. The first-order valence-electron chi connectivity index (χ1n) is 14.1. The molecular weight excluding hydrogens is 562 g/mol. The molecule has 0 bridgehead atoms. The standard InChI is InChI=1S/C31H35NO11/c1-38-21-14-40-30(27(36)25(21)34)43-28-24(29(39-2)42-20(12-33)26(28)35)32-31(37)41-13-18-9-8-17-7-6-15-4-3-5-16-10-11-19(18)23(17)22(15)16/h3-11,20-21,24-30,33-36H,12-14H2,1-2H3,(H,32,37). The number of nitrogens with one attached hydrogen (secondary N) is 1. The molecule has 4 aromatic rings. The van der Waals surface area contributed by atoms with E-state index in [-0.39, 0.29) is 13.2 Å². The number of carbonyl (C=O) groups is 1. The highest BCUT2D eigenvalue weighted by Crippen LogP contribution is 2.36. The largest absolute Gasteiger partial charge is 0.445 e. The first-order valence-corrected chi connectivity index (χ1v) is 14.1. The maximum absolute atomic E-state index is 13.1. The van der Waals surface area contributed by atoms with Gasteiger partial charge in [0.1, 0.15) is 49.3 Å². The summed E-state index contributed by atoms with van der Waals surface area (Å²) < 4.78 is 33.2. The average molecular weight is 598 g/mol. The van der Waals surface area contributed by atoms with Crippen molar-refractivity contribution < 1.29 is 53.6 Å². The molecule has 0 spiro atoms. The zero-order valence-electron chi connectivity index (χ0n) is 23.7. The molecular formula is C31H35NO11. The number of rotatable bonds is 8. The van der Waals surface area contributed by atoms with E-state index in [1.54, 1.807) is 0 Å². The monoisotopic (exact) mass is 597 g/mol. The maximum atomic E-state index is 13.1. The van der Waals surface area contributed by atoms with Gasteiger partial charge >= 0.3 is 6.09 Å². The predicted octanol–water partition coefficient (Wildman–Crippen LogP) is 1.38. The highest BCUT2D eigenvalue weighted by atomic mass is 16.7. The Hall–Kier alpha value is -3.17. The van der Waals surface area contributed by atoms with Crippen molar-refractivity contribution in [3.8, 4) is 0 Å². The molecule has 1 amide bonds. The zero-order valence-corrected chi connectivity index (χ0v) is 23.7. The highest BCUT2D eigenvalue weighted by molar-refractivity contribution is 6.23. The van der Waals surface area contributed by atoms with Gasteiger partial charge in [-0.2, -0.15) is 0 Å². The van der Waals surface area contributed by atoms with E-state index in [9.17, 15) is 25.2 Å². The van der Waals surface area contributed by atoms with Crippen molar-refractivity contribution in [3.05, 3.63) is 60.2 Å². The SMILES string of the molecule is COC1COC(OC2C(O)C(CO)OC(OC)C2NC(=O)OCc2ccc3ccc4cccc5ccc2c3c45)C(O)C1O. The molecule has 2 fully saturated rings. The number of alkyl carbamates (subject to hydrolysis) is 1. The van der Waals surface area contributed by atoms with Gasteiger partial charge in [-0.1, -0.05) is 54.6 Å². The van der Waals surface area contributed by atoms with Crippen LogP contribution in [0.3, 0.4) is 0 Å². The van der Waals surface area contributed by atoms with E-state index in [0.29, 0.717) is 0 Å². The van der Waals surface area contributed by atoms with Gasteiger partial charge in [0.25, 0.3) is 0 Å². The van der Waals surface area contributed by atoms with Crippen LogP contribution in [0.25, 0.3) is 32.3 Å². The lowest BCUT2D eigenvalue weighted by Gasteiger charge is -2.46. The number of aliphatic hydroxyl groups excluding tert-OH is 4.